The molecule has 0 amide bonds. The molecule has 0 aromatic heterocycles. The summed E-state index contributed by atoms with van der Waals surface area (Å²) in [5.41, 5.74) is 3.57. The summed E-state index contributed by atoms with van der Waals surface area (Å²) in [6.45, 7) is 1.65. The number of hydrazine groups is 1. The molecule has 0 radical (unpaired) electrons. The van der Waals surface area contributed by atoms with Gasteiger partial charge in [-0.05, 0) is 25.0 Å². The Morgan fingerprint density at radius 3 is 2.70 bits per heavy atom. The van der Waals surface area contributed by atoms with Crippen LogP contribution in [0.3, 0.4) is 0 Å². The van der Waals surface area contributed by atoms with Crippen LogP contribution in [0.1, 0.15) is 31.4 Å². The summed E-state index contributed by atoms with van der Waals surface area (Å²) < 4.78 is 28.2. The number of nitrogens with two attached hydrogens (primary N) is 1. The number of rotatable bonds is 8. The lowest BCUT2D eigenvalue weighted by Gasteiger charge is -2.19. The molecule has 114 valence electrons. The molecule has 1 aromatic rings. The lowest BCUT2D eigenvalue weighted by atomic mass is 10.0. The maximum Gasteiger partial charge on any atom is 0.150 e. The second kappa shape index (κ2) is 7.83. The van der Waals surface area contributed by atoms with Gasteiger partial charge in [0.15, 0.2) is 0 Å². The molecule has 0 spiro atoms. The minimum Gasteiger partial charge on any atom is -0.496 e. The number of methoxy groups -OCH3 is 1. The van der Waals surface area contributed by atoms with Crippen molar-refractivity contribution < 1.29 is 13.2 Å². The molecule has 0 heterocycles. The van der Waals surface area contributed by atoms with Crippen molar-refractivity contribution in [1.29, 1.82) is 0 Å². The molecule has 1 unspecified atom stereocenters. The van der Waals surface area contributed by atoms with Crippen LogP contribution < -0.4 is 16.0 Å². The first-order valence-electron chi connectivity index (χ1n) is 6.43. The Kier molecular flexibility index (Phi) is 6.75. The van der Waals surface area contributed by atoms with Crippen molar-refractivity contribution in [2.75, 3.05) is 18.6 Å². The van der Waals surface area contributed by atoms with Crippen LogP contribution in [0, 0.1) is 0 Å². The minimum absolute atomic E-state index is 0.164. The third-order valence-electron chi connectivity index (χ3n) is 3.16. The highest BCUT2D eigenvalue weighted by molar-refractivity contribution is 7.91. The van der Waals surface area contributed by atoms with Gasteiger partial charge in [-0.3, -0.25) is 11.3 Å². The zero-order valence-electron chi connectivity index (χ0n) is 11.7. The van der Waals surface area contributed by atoms with E-state index in [0.29, 0.717) is 23.6 Å². The van der Waals surface area contributed by atoms with E-state index in [4.69, 9.17) is 22.2 Å². The van der Waals surface area contributed by atoms with Gasteiger partial charge in [0.2, 0.25) is 0 Å². The zero-order chi connectivity index (χ0) is 15.2. The Morgan fingerprint density at radius 2 is 2.15 bits per heavy atom. The van der Waals surface area contributed by atoms with E-state index in [0.717, 1.165) is 5.56 Å². The van der Waals surface area contributed by atoms with Crippen molar-refractivity contribution in [3.63, 3.8) is 0 Å². The summed E-state index contributed by atoms with van der Waals surface area (Å²) in [6.07, 6.45) is 1.14. The Labute approximate surface area is 125 Å². The SMILES string of the molecule is CCS(=O)(=O)CCCC(NN)c1ccc(Cl)cc1OC. The van der Waals surface area contributed by atoms with E-state index in [2.05, 4.69) is 5.43 Å². The molecular formula is C13H21ClN2O3S. The molecule has 0 saturated heterocycles. The molecule has 1 atom stereocenters. The van der Waals surface area contributed by atoms with Gasteiger partial charge in [0.05, 0.1) is 12.9 Å². The van der Waals surface area contributed by atoms with Crippen LogP contribution in [0.5, 0.6) is 5.75 Å². The van der Waals surface area contributed by atoms with Gasteiger partial charge >= 0.3 is 0 Å². The summed E-state index contributed by atoms with van der Waals surface area (Å²) >= 11 is 5.92. The van der Waals surface area contributed by atoms with Gasteiger partial charge in [0.25, 0.3) is 0 Å². The minimum atomic E-state index is -2.95. The number of sulfone groups is 1. The fourth-order valence-electron chi connectivity index (χ4n) is 1.95. The van der Waals surface area contributed by atoms with Gasteiger partial charge < -0.3 is 4.74 Å². The number of hydrogen-bond acceptors (Lipinski definition) is 5. The van der Waals surface area contributed by atoms with Crippen molar-refractivity contribution >= 4 is 21.4 Å². The van der Waals surface area contributed by atoms with E-state index in [1.807, 2.05) is 6.07 Å². The second-order valence-electron chi connectivity index (χ2n) is 4.48. The van der Waals surface area contributed by atoms with Crippen molar-refractivity contribution in [1.82, 2.24) is 5.43 Å². The largest absolute Gasteiger partial charge is 0.496 e. The van der Waals surface area contributed by atoms with E-state index in [-0.39, 0.29) is 17.5 Å². The molecular weight excluding hydrogens is 300 g/mol. The van der Waals surface area contributed by atoms with E-state index in [1.165, 1.54) is 0 Å². The highest BCUT2D eigenvalue weighted by Crippen LogP contribution is 2.30. The van der Waals surface area contributed by atoms with Gasteiger partial charge in [-0.15, -0.1) is 0 Å². The van der Waals surface area contributed by atoms with E-state index < -0.39 is 9.84 Å². The number of hydrogen-bond donors (Lipinski definition) is 2. The fourth-order valence-corrected chi connectivity index (χ4v) is 3.01. The van der Waals surface area contributed by atoms with Crippen molar-refractivity contribution in [2.45, 2.75) is 25.8 Å². The average Bonchev–Trinajstić information content (AvgIpc) is 2.44. The first-order valence-corrected chi connectivity index (χ1v) is 8.63. The topological polar surface area (TPSA) is 81.4 Å². The number of halogens is 1. The van der Waals surface area contributed by atoms with Crippen LogP contribution >= 0.6 is 11.6 Å². The van der Waals surface area contributed by atoms with Crippen LogP contribution in [0.4, 0.5) is 0 Å². The quantitative estimate of drug-likeness (QED) is 0.566. The summed E-state index contributed by atoms with van der Waals surface area (Å²) in [5.74, 6) is 6.53. The molecule has 1 aromatic carbocycles. The van der Waals surface area contributed by atoms with Crippen molar-refractivity contribution in [3.8, 4) is 5.75 Å². The second-order valence-corrected chi connectivity index (χ2v) is 7.39. The predicted molar refractivity (Wildman–Crippen MR) is 81.6 cm³/mol. The first-order chi connectivity index (χ1) is 9.43. The lowest BCUT2D eigenvalue weighted by molar-refractivity contribution is 0.395. The Balaban J connectivity index is 2.76. The van der Waals surface area contributed by atoms with Crippen LogP contribution in [0.15, 0.2) is 18.2 Å². The summed E-state index contributed by atoms with van der Waals surface area (Å²) in [6, 6.07) is 5.13. The van der Waals surface area contributed by atoms with Crippen LogP contribution in [0.25, 0.3) is 0 Å². The number of ether oxygens (including phenoxy) is 1. The molecule has 0 aliphatic carbocycles. The molecule has 0 fully saturated rings. The van der Waals surface area contributed by atoms with Gasteiger partial charge in [-0.1, -0.05) is 24.6 Å². The highest BCUT2D eigenvalue weighted by atomic mass is 35.5. The number of benzene rings is 1. The fraction of sp³-hybridized carbons (Fsp3) is 0.538. The van der Waals surface area contributed by atoms with E-state index >= 15 is 0 Å². The van der Waals surface area contributed by atoms with Gasteiger partial charge in [0, 0.05) is 22.4 Å². The Bertz CT molecular complexity index is 534. The van der Waals surface area contributed by atoms with Crippen LogP contribution in [-0.2, 0) is 9.84 Å². The zero-order valence-corrected chi connectivity index (χ0v) is 13.3. The molecule has 0 aliphatic rings. The standard InChI is InChI=1S/C13H21ClN2O3S/c1-3-20(17,18)8-4-5-12(16-15)11-7-6-10(14)9-13(11)19-2/h6-7,9,12,16H,3-5,8,15H2,1-2H3. The van der Waals surface area contributed by atoms with Crippen LogP contribution in [0.2, 0.25) is 5.02 Å². The maximum atomic E-state index is 11.5. The summed E-state index contributed by atoms with van der Waals surface area (Å²) in [5, 5.41) is 0.579. The molecule has 3 N–H and O–H groups in total. The number of nitrogens with one attached hydrogen (secondary N) is 1. The normalized spacial score (nSPS) is 13.2. The average molecular weight is 321 g/mol. The molecule has 0 aliphatic heterocycles. The highest BCUT2D eigenvalue weighted by Gasteiger charge is 2.16. The third kappa shape index (κ3) is 4.94. The Hall–Kier alpha value is -0.820. The summed E-state index contributed by atoms with van der Waals surface area (Å²) in [4.78, 5) is 0. The monoisotopic (exact) mass is 320 g/mol. The smallest absolute Gasteiger partial charge is 0.150 e. The van der Waals surface area contributed by atoms with Gasteiger partial charge in [-0.2, -0.15) is 0 Å². The van der Waals surface area contributed by atoms with Crippen molar-refractivity contribution in [3.05, 3.63) is 28.8 Å². The Morgan fingerprint density at radius 1 is 1.45 bits per heavy atom. The lowest BCUT2D eigenvalue weighted by Crippen LogP contribution is -2.28. The van der Waals surface area contributed by atoms with Gasteiger partial charge in [-0.25, -0.2) is 8.42 Å². The summed E-state index contributed by atoms with van der Waals surface area (Å²) in [7, 11) is -1.39. The van der Waals surface area contributed by atoms with E-state index in [9.17, 15) is 8.42 Å². The van der Waals surface area contributed by atoms with Gasteiger partial charge in [0.1, 0.15) is 15.6 Å². The molecule has 1 rings (SSSR count). The first kappa shape index (κ1) is 17.2. The molecule has 0 saturated carbocycles. The van der Waals surface area contributed by atoms with Crippen molar-refractivity contribution in [2.24, 2.45) is 5.84 Å². The molecule has 5 nitrogen and oxygen atoms in total. The maximum absolute atomic E-state index is 11.5. The molecule has 0 bridgehead atoms. The third-order valence-corrected chi connectivity index (χ3v) is 5.19. The molecule has 7 heteroatoms. The molecule has 20 heavy (non-hydrogen) atoms. The predicted octanol–water partition coefficient (Wildman–Crippen LogP) is 2.07. The van der Waals surface area contributed by atoms with E-state index in [1.54, 1.807) is 26.2 Å². The van der Waals surface area contributed by atoms with Crippen LogP contribution in [-0.4, -0.2) is 27.0 Å².